The highest BCUT2D eigenvalue weighted by atomic mass is 79.9. The molecule has 0 unspecified atom stereocenters. The zero-order chi connectivity index (χ0) is 14.0. The van der Waals surface area contributed by atoms with Crippen LogP contribution in [0.25, 0.3) is 0 Å². The molecule has 0 aliphatic heterocycles. The molecule has 2 rings (SSSR count). The van der Waals surface area contributed by atoms with Crippen LogP contribution in [0.3, 0.4) is 0 Å². The molecule has 0 aliphatic rings. The Hall–Kier alpha value is -1.93. The van der Waals surface area contributed by atoms with Crippen LogP contribution in [0, 0.1) is 29.9 Å². The first-order valence-electron chi connectivity index (χ1n) is 5.44. The quantitative estimate of drug-likeness (QED) is 0.873. The molecular weight excluding hydrogens is 314 g/mol. The summed E-state index contributed by atoms with van der Waals surface area (Å²) in [7, 11) is 0. The van der Waals surface area contributed by atoms with Crippen LogP contribution < -0.4 is 5.32 Å². The molecule has 19 heavy (non-hydrogen) atoms. The Labute approximate surface area is 117 Å². The lowest BCUT2D eigenvalue weighted by Crippen LogP contribution is -1.99. The lowest BCUT2D eigenvalue weighted by molar-refractivity contribution is 0.509. The smallest absolute Gasteiger partial charge is 0.183 e. The van der Waals surface area contributed by atoms with Gasteiger partial charge in [-0.15, -0.1) is 0 Å². The molecule has 1 N–H and O–H groups in total. The average molecular weight is 323 g/mol. The Morgan fingerprint density at radius 1 is 1.11 bits per heavy atom. The van der Waals surface area contributed by atoms with E-state index >= 15 is 0 Å². The minimum Gasteiger partial charge on any atom is -0.353 e. The standard InChI is InChI=1S/C14H9BrF2N2/c1-8-6-10(15)3-5-11(8)19-12-4-2-9(7-18)13(16)14(12)17/h2-6,19H,1H3. The van der Waals surface area contributed by atoms with Gasteiger partial charge in [0.25, 0.3) is 0 Å². The number of rotatable bonds is 2. The van der Waals surface area contributed by atoms with E-state index in [9.17, 15) is 8.78 Å². The van der Waals surface area contributed by atoms with Crippen molar-refractivity contribution >= 4 is 27.3 Å². The zero-order valence-electron chi connectivity index (χ0n) is 9.97. The van der Waals surface area contributed by atoms with Gasteiger partial charge in [0.05, 0.1) is 11.3 Å². The van der Waals surface area contributed by atoms with Crippen molar-refractivity contribution in [3.05, 3.63) is 57.6 Å². The van der Waals surface area contributed by atoms with E-state index in [0.717, 1.165) is 10.0 Å². The second-order valence-electron chi connectivity index (χ2n) is 3.98. The molecule has 2 aromatic carbocycles. The van der Waals surface area contributed by atoms with Gasteiger partial charge in [-0.3, -0.25) is 0 Å². The summed E-state index contributed by atoms with van der Waals surface area (Å²) in [6.07, 6.45) is 0. The van der Waals surface area contributed by atoms with Gasteiger partial charge in [-0.2, -0.15) is 5.26 Å². The molecule has 5 heteroatoms. The summed E-state index contributed by atoms with van der Waals surface area (Å²) in [5, 5.41) is 11.4. The molecule has 0 heterocycles. The number of nitrogens with one attached hydrogen (secondary N) is 1. The number of halogens is 3. The van der Waals surface area contributed by atoms with Crippen molar-refractivity contribution < 1.29 is 8.78 Å². The van der Waals surface area contributed by atoms with Crippen molar-refractivity contribution in [2.45, 2.75) is 6.92 Å². The molecule has 2 aromatic rings. The van der Waals surface area contributed by atoms with Gasteiger partial charge in [0.1, 0.15) is 6.07 Å². The van der Waals surface area contributed by atoms with E-state index in [1.165, 1.54) is 12.1 Å². The van der Waals surface area contributed by atoms with Crippen molar-refractivity contribution in [2.75, 3.05) is 5.32 Å². The van der Waals surface area contributed by atoms with E-state index in [1.807, 2.05) is 13.0 Å². The normalized spacial score (nSPS) is 10.1. The molecule has 96 valence electrons. The maximum absolute atomic E-state index is 13.7. The molecule has 0 aliphatic carbocycles. The van der Waals surface area contributed by atoms with Gasteiger partial charge in [0, 0.05) is 10.2 Å². The minimum atomic E-state index is -1.14. The highest BCUT2D eigenvalue weighted by Gasteiger charge is 2.13. The molecular formula is C14H9BrF2N2. The van der Waals surface area contributed by atoms with Gasteiger partial charge in [-0.1, -0.05) is 15.9 Å². The molecule has 0 radical (unpaired) electrons. The first kappa shape index (κ1) is 13.5. The molecule has 0 saturated heterocycles. The largest absolute Gasteiger partial charge is 0.353 e. The predicted octanol–water partition coefficient (Wildman–Crippen LogP) is 4.65. The second-order valence-corrected chi connectivity index (χ2v) is 4.90. The number of hydrogen-bond acceptors (Lipinski definition) is 2. The summed E-state index contributed by atoms with van der Waals surface area (Å²) in [4.78, 5) is 0. The van der Waals surface area contributed by atoms with Crippen LogP contribution >= 0.6 is 15.9 Å². The van der Waals surface area contributed by atoms with Crippen molar-refractivity contribution in [3.8, 4) is 6.07 Å². The van der Waals surface area contributed by atoms with Crippen LogP contribution in [0.15, 0.2) is 34.8 Å². The predicted molar refractivity (Wildman–Crippen MR) is 73.2 cm³/mol. The Morgan fingerprint density at radius 2 is 1.79 bits per heavy atom. The van der Waals surface area contributed by atoms with Gasteiger partial charge >= 0.3 is 0 Å². The van der Waals surface area contributed by atoms with Crippen molar-refractivity contribution in [1.82, 2.24) is 0 Å². The first-order valence-corrected chi connectivity index (χ1v) is 6.23. The van der Waals surface area contributed by atoms with Crippen LogP contribution in [-0.2, 0) is 0 Å². The number of anilines is 2. The third-order valence-corrected chi connectivity index (χ3v) is 3.15. The summed E-state index contributed by atoms with van der Waals surface area (Å²) in [5.74, 6) is -2.19. The van der Waals surface area contributed by atoms with Crippen molar-refractivity contribution in [2.24, 2.45) is 0 Å². The number of benzene rings is 2. The lowest BCUT2D eigenvalue weighted by atomic mass is 10.1. The fraction of sp³-hybridized carbons (Fsp3) is 0.0714. The maximum Gasteiger partial charge on any atom is 0.183 e. The molecule has 0 saturated carbocycles. The highest BCUT2D eigenvalue weighted by Crippen LogP contribution is 2.27. The number of nitriles is 1. The minimum absolute atomic E-state index is 0.00178. The van der Waals surface area contributed by atoms with E-state index in [-0.39, 0.29) is 11.3 Å². The molecule has 0 spiro atoms. The SMILES string of the molecule is Cc1cc(Br)ccc1Nc1ccc(C#N)c(F)c1F. The molecule has 2 nitrogen and oxygen atoms in total. The molecule has 0 bridgehead atoms. The second kappa shape index (κ2) is 5.37. The third-order valence-electron chi connectivity index (χ3n) is 2.66. The van der Waals surface area contributed by atoms with E-state index in [2.05, 4.69) is 21.2 Å². The summed E-state index contributed by atoms with van der Waals surface area (Å²) >= 11 is 3.33. The summed E-state index contributed by atoms with van der Waals surface area (Å²) in [6, 6.07) is 9.61. The van der Waals surface area contributed by atoms with Crippen molar-refractivity contribution in [3.63, 3.8) is 0 Å². The van der Waals surface area contributed by atoms with Gasteiger partial charge in [-0.05, 0) is 42.8 Å². The summed E-state index contributed by atoms with van der Waals surface area (Å²) in [5.41, 5.74) is 1.25. The van der Waals surface area contributed by atoms with Crippen LogP contribution in [0.4, 0.5) is 20.2 Å². The lowest BCUT2D eigenvalue weighted by Gasteiger charge is -2.11. The maximum atomic E-state index is 13.7. The van der Waals surface area contributed by atoms with E-state index in [0.29, 0.717) is 5.69 Å². The Balaban J connectivity index is 2.39. The monoisotopic (exact) mass is 322 g/mol. The Kier molecular flexibility index (Phi) is 3.82. The average Bonchev–Trinajstić information content (AvgIpc) is 2.38. The first-order chi connectivity index (χ1) is 9.02. The van der Waals surface area contributed by atoms with Gasteiger partial charge in [0.15, 0.2) is 11.6 Å². The molecule has 0 fully saturated rings. The topological polar surface area (TPSA) is 35.8 Å². The van der Waals surface area contributed by atoms with Crippen LogP contribution in [0.1, 0.15) is 11.1 Å². The van der Waals surface area contributed by atoms with Crippen molar-refractivity contribution in [1.29, 1.82) is 5.26 Å². The van der Waals surface area contributed by atoms with Crippen LogP contribution in [0.5, 0.6) is 0 Å². The number of nitrogens with zero attached hydrogens (tertiary/aromatic N) is 1. The zero-order valence-corrected chi connectivity index (χ0v) is 11.6. The molecule has 0 aromatic heterocycles. The van der Waals surface area contributed by atoms with Gasteiger partial charge in [0.2, 0.25) is 0 Å². The third kappa shape index (κ3) is 2.74. The Bertz CT molecular complexity index is 678. The van der Waals surface area contributed by atoms with E-state index in [4.69, 9.17) is 5.26 Å². The fourth-order valence-electron chi connectivity index (χ4n) is 1.64. The van der Waals surface area contributed by atoms with E-state index in [1.54, 1.807) is 18.2 Å². The number of aryl methyl sites for hydroxylation is 1. The summed E-state index contributed by atoms with van der Waals surface area (Å²) < 4.78 is 28.1. The Morgan fingerprint density at radius 3 is 2.42 bits per heavy atom. The highest BCUT2D eigenvalue weighted by molar-refractivity contribution is 9.10. The van der Waals surface area contributed by atoms with Crippen LogP contribution in [0.2, 0.25) is 0 Å². The van der Waals surface area contributed by atoms with Gasteiger partial charge < -0.3 is 5.32 Å². The molecule has 0 atom stereocenters. The van der Waals surface area contributed by atoms with E-state index < -0.39 is 11.6 Å². The van der Waals surface area contributed by atoms with Gasteiger partial charge in [-0.25, -0.2) is 8.78 Å². The number of hydrogen-bond donors (Lipinski definition) is 1. The molecule has 0 amide bonds. The van der Waals surface area contributed by atoms with Crippen LogP contribution in [-0.4, -0.2) is 0 Å². The fourth-order valence-corrected chi connectivity index (χ4v) is 2.12. The summed E-state index contributed by atoms with van der Waals surface area (Å²) in [6.45, 7) is 1.85.